The zero-order valence-electron chi connectivity index (χ0n) is 14.5. The van der Waals surface area contributed by atoms with Gasteiger partial charge in [0, 0.05) is 6.07 Å². The molecule has 0 saturated heterocycles. The Labute approximate surface area is 172 Å². The Bertz CT molecular complexity index is 962. The number of allylic oxidation sites excluding steroid dienone is 1. The minimum atomic E-state index is -4.80. The van der Waals surface area contributed by atoms with E-state index in [0.29, 0.717) is 6.08 Å². The topological polar surface area (TPSA) is 78.3 Å². The number of anilines is 1. The molecule has 0 bridgehead atoms. The molecule has 0 atom stereocenters. The molecule has 0 saturated carbocycles. The highest BCUT2D eigenvalue weighted by molar-refractivity contribution is 6.33. The van der Waals surface area contributed by atoms with E-state index in [9.17, 15) is 22.4 Å². The van der Waals surface area contributed by atoms with Crippen LogP contribution >= 0.6 is 23.2 Å². The Morgan fingerprint density at radius 2 is 1.86 bits per heavy atom. The first kappa shape index (κ1) is 22.5. The Hall–Kier alpha value is -2.78. The minimum absolute atomic E-state index is 0.0574. The number of halogens is 6. The molecule has 0 radical (unpaired) electrons. The smallest absolute Gasteiger partial charge is 0.431 e. The fourth-order valence-corrected chi connectivity index (χ4v) is 2.35. The van der Waals surface area contributed by atoms with Crippen molar-refractivity contribution in [3.8, 4) is 0 Å². The van der Waals surface area contributed by atoms with Crippen LogP contribution in [0.1, 0.15) is 0 Å². The van der Waals surface area contributed by atoms with Crippen LogP contribution in [0.3, 0.4) is 0 Å². The fourth-order valence-electron chi connectivity index (χ4n) is 1.95. The number of rotatable bonds is 5. The van der Waals surface area contributed by atoms with Gasteiger partial charge in [-0.2, -0.15) is 18.2 Å². The lowest BCUT2D eigenvalue weighted by Gasteiger charge is -2.08. The van der Waals surface area contributed by atoms with Gasteiger partial charge in [-0.15, -0.1) is 0 Å². The molecule has 2 aromatic rings. The summed E-state index contributed by atoms with van der Waals surface area (Å²) in [6, 6.07) is 9.49. The Morgan fingerprint density at radius 3 is 2.48 bits per heavy atom. The van der Waals surface area contributed by atoms with Gasteiger partial charge in [0.15, 0.2) is 6.61 Å². The lowest BCUT2D eigenvalue weighted by atomic mass is 10.3. The molecule has 154 valence electrons. The van der Waals surface area contributed by atoms with Crippen LogP contribution in [0.2, 0.25) is 10.0 Å². The van der Waals surface area contributed by atoms with Crippen LogP contribution in [0.5, 0.6) is 0 Å². The molecule has 0 fully saturated rings. The number of alkyl halides is 3. The van der Waals surface area contributed by atoms with Crippen LogP contribution in [0, 0.1) is 5.82 Å². The second-order valence-corrected chi connectivity index (χ2v) is 6.34. The molecule has 5 nitrogen and oxygen atoms in total. The number of amides is 1. The van der Waals surface area contributed by atoms with Gasteiger partial charge in [-0.3, -0.25) is 4.79 Å². The lowest BCUT2D eigenvalue weighted by Crippen LogP contribution is -2.67. The maximum Gasteiger partial charge on any atom is 0.431 e. The van der Waals surface area contributed by atoms with E-state index in [-0.39, 0.29) is 21.4 Å². The molecule has 0 aliphatic rings. The van der Waals surface area contributed by atoms with Gasteiger partial charge < -0.3 is 15.8 Å². The van der Waals surface area contributed by atoms with Gasteiger partial charge in [-0.25, -0.2) is 4.39 Å². The number of nitrogens with one attached hydrogen (secondary N) is 2. The number of benzene rings is 2. The summed E-state index contributed by atoms with van der Waals surface area (Å²) in [6.45, 7) is -0.692. The van der Waals surface area contributed by atoms with Crippen molar-refractivity contribution in [2.24, 2.45) is 5.73 Å². The van der Waals surface area contributed by atoms with Crippen molar-refractivity contribution in [1.29, 1.82) is 0 Å². The number of para-hydroxylation sites is 1. The molecular weight excluding hydrogens is 437 g/mol. The summed E-state index contributed by atoms with van der Waals surface area (Å²) in [4.78, 5) is 14.6. The number of hydrogen-bond donors (Lipinski definition) is 3. The van der Waals surface area contributed by atoms with Gasteiger partial charge >= 0.3 is 12.1 Å². The number of ether oxygens (including phenoxy) is 1. The third-order valence-electron chi connectivity index (χ3n) is 3.31. The van der Waals surface area contributed by atoms with Crippen molar-refractivity contribution in [3.63, 3.8) is 0 Å². The molecule has 4 N–H and O–H groups in total. The molecule has 2 rings (SSSR count). The average molecular weight is 451 g/mol. The quantitative estimate of drug-likeness (QED) is 0.371. The Balaban J connectivity index is 2.19. The van der Waals surface area contributed by atoms with Gasteiger partial charge in [0.25, 0.3) is 5.91 Å². The third-order valence-corrected chi connectivity index (χ3v) is 3.95. The van der Waals surface area contributed by atoms with Crippen molar-refractivity contribution < 1.29 is 32.1 Å². The normalized spacial score (nSPS) is 12.6. The van der Waals surface area contributed by atoms with Crippen molar-refractivity contribution in [2.45, 2.75) is 6.18 Å². The summed E-state index contributed by atoms with van der Waals surface area (Å²) in [5.74, 6) is -1.82. The molecule has 11 heteroatoms. The van der Waals surface area contributed by atoms with E-state index >= 15 is 0 Å². The monoisotopic (exact) mass is 450 g/mol. The molecule has 29 heavy (non-hydrogen) atoms. The van der Waals surface area contributed by atoms with Crippen LogP contribution in [0.4, 0.5) is 28.9 Å². The van der Waals surface area contributed by atoms with E-state index in [1.807, 2.05) is 0 Å². The first-order valence-electron chi connectivity index (χ1n) is 7.87. The van der Waals surface area contributed by atoms with Crippen molar-refractivity contribution >= 4 is 46.4 Å². The molecule has 0 spiro atoms. The number of nitrogens with two attached hydrogens (primary N) is 1. The van der Waals surface area contributed by atoms with Gasteiger partial charge in [0.2, 0.25) is 5.69 Å². The fraction of sp³-hybridized carbons (Fsp3) is 0.111. The molecule has 0 aliphatic carbocycles. The average Bonchev–Trinajstić information content (AvgIpc) is 2.63. The number of hydrogen-bond acceptors (Lipinski definition) is 3. The van der Waals surface area contributed by atoms with Crippen molar-refractivity contribution in [3.05, 3.63) is 70.1 Å². The summed E-state index contributed by atoms with van der Waals surface area (Å²) in [5.41, 5.74) is 3.90. The molecule has 2 aromatic carbocycles. The summed E-state index contributed by atoms with van der Waals surface area (Å²) < 4.78 is 56.4. The molecule has 1 amide bonds. The predicted molar refractivity (Wildman–Crippen MR) is 101 cm³/mol. The number of carbonyl (C=O) groups is 1. The number of carbonyl (C=O) groups excluding carboxylic acids is 1. The Morgan fingerprint density at radius 1 is 1.17 bits per heavy atom. The summed E-state index contributed by atoms with van der Waals surface area (Å²) in [5, 5.41) is 2.49. The van der Waals surface area contributed by atoms with Crippen LogP contribution in [-0.4, -0.2) is 24.6 Å². The Kier molecular flexibility index (Phi) is 7.46. The summed E-state index contributed by atoms with van der Waals surface area (Å²) in [7, 11) is 0. The summed E-state index contributed by atoms with van der Waals surface area (Å²) >= 11 is 11.8. The molecule has 0 heterocycles. The van der Waals surface area contributed by atoms with E-state index in [1.165, 1.54) is 18.2 Å². The van der Waals surface area contributed by atoms with Gasteiger partial charge in [0.05, 0.1) is 16.8 Å². The van der Waals surface area contributed by atoms with E-state index in [2.05, 4.69) is 10.3 Å². The second kappa shape index (κ2) is 9.62. The second-order valence-electron chi connectivity index (χ2n) is 5.53. The van der Waals surface area contributed by atoms with Crippen LogP contribution in [-0.2, 0) is 9.53 Å². The largest absolute Gasteiger partial charge is 0.434 e. The van der Waals surface area contributed by atoms with Crippen LogP contribution in [0.25, 0.3) is 0 Å². The first-order valence-corrected chi connectivity index (χ1v) is 8.62. The van der Waals surface area contributed by atoms with Gasteiger partial charge in [-0.05, 0) is 24.3 Å². The van der Waals surface area contributed by atoms with E-state index in [4.69, 9.17) is 33.7 Å². The lowest BCUT2D eigenvalue weighted by molar-refractivity contribution is -0.365. The van der Waals surface area contributed by atoms with Crippen LogP contribution in [0.15, 0.2) is 54.2 Å². The van der Waals surface area contributed by atoms with E-state index < -0.39 is 36.1 Å². The highest BCUT2D eigenvalue weighted by Crippen LogP contribution is 2.23. The zero-order valence-corrected chi connectivity index (χ0v) is 16.0. The minimum Gasteiger partial charge on any atom is -0.434 e. The zero-order chi connectivity index (χ0) is 21.6. The summed E-state index contributed by atoms with van der Waals surface area (Å²) in [6.07, 6.45) is -4.32. The standard InChI is InChI=1S/C18H13Cl2F4N3O2/c19-11-3-1-2-4-13(11)27-17(8-15(25)18(22,23)24)29-9-16(28)26-14-6-5-10(21)7-12(14)20/h1-8H,9,25H2,(H,26,28)/p+1. The van der Waals surface area contributed by atoms with Crippen molar-refractivity contribution in [2.75, 3.05) is 11.9 Å². The van der Waals surface area contributed by atoms with Gasteiger partial charge in [0.1, 0.15) is 16.5 Å². The maximum absolute atomic E-state index is 13.0. The molecule has 0 aromatic heterocycles. The first-order chi connectivity index (χ1) is 13.6. The van der Waals surface area contributed by atoms with E-state index in [0.717, 1.165) is 12.1 Å². The third kappa shape index (κ3) is 6.95. The molecular formula is C18H14Cl2F4N3O2+. The predicted octanol–water partition coefficient (Wildman–Crippen LogP) is 3.30. The van der Waals surface area contributed by atoms with E-state index in [1.54, 1.807) is 12.1 Å². The molecule has 0 aliphatic heterocycles. The molecule has 0 unspecified atom stereocenters. The highest BCUT2D eigenvalue weighted by atomic mass is 35.5. The van der Waals surface area contributed by atoms with Gasteiger partial charge in [-0.1, -0.05) is 35.3 Å². The van der Waals surface area contributed by atoms with Crippen LogP contribution < -0.4 is 16.0 Å². The van der Waals surface area contributed by atoms with Crippen molar-refractivity contribution in [1.82, 2.24) is 0 Å². The SMILES string of the molecule is NC(=CC(=[NH+]c1ccccc1Cl)OCC(=O)Nc1ccc(F)cc1Cl)C(F)(F)F. The maximum atomic E-state index is 13.0. The highest BCUT2D eigenvalue weighted by Gasteiger charge is 2.33.